The van der Waals surface area contributed by atoms with Gasteiger partial charge in [-0.1, -0.05) is 41.4 Å². The first kappa shape index (κ1) is 21.8. The van der Waals surface area contributed by atoms with Crippen LogP contribution in [0.2, 0.25) is 5.02 Å². The number of benzene rings is 2. The van der Waals surface area contributed by atoms with E-state index in [4.69, 9.17) is 21.4 Å². The van der Waals surface area contributed by atoms with E-state index in [1.807, 2.05) is 31.2 Å². The minimum absolute atomic E-state index is 0. The van der Waals surface area contributed by atoms with Crippen molar-refractivity contribution in [1.82, 2.24) is 0 Å². The first-order valence-electron chi connectivity index (χ1n) is 7.71. The Morgan fingerprint density at radius 1 is 1.26 bits per heavy atom. The molecule has 0 amide bonds. The number of carboxylic acids is 1. The molecule has 0 aliphatic carbocycles. The molecule has 0 fully saturated rings. The van der Waals surface area contributed by atoms with Crippen molar-refractivity contribution in [2.45, 2.75) is 25.6 Å². The van der Waals surface area contributed by atoms with E-state index in [0.29, 0.717) is 17.0 Å². The summed E-state index contributed by atoms with van der Waals surface area (Å²) in [7, 11) is 0. The maximum absolute atomic E-state index is 13.2. The number of ether oxygens (including phenoxy) is 1. The van der Waals surface area contributed by atoms with Crippen LogP contribution in [0.3, 0.4) is 0 Å². The van der Waals surface area contributed by atoms with Gasteiger partial charge in [-0.2, -0.15) is 13.2 Å². The van der Waals surface area contributed by atoms with Crippen LogP contribution in [0.25, 0.3) is 6.08 Å². The van der Waals surface area contributed by atoms with Crippen molar-refractivity contribution >= 4 is 23.6 Å². The number of rotatable bonds is 3. The van der Waals surface area contributed by atoms with Gasteiger partial charge in [-0.15, -0.1) is 0 Å². The number of alkyl halides is 3. The SMILES string of the molecule is Cc1ccc(Cc2cc3c(cc2Cl)C=C(C(=O)O)C(C(F)(F)F)O3)cc1.[H-].[Na+]. The van der Waals surface area contributed by atoms with Crippen LogP contribution in [0.1, 0.15) is 23.7 Å². The molecule has 2 aromatic rings. The van der Waals surface area contributed by atoms with Gasteiger partial charge in [0, 0.05) is 10.6 Å². The number of fused-ring (bicyclic) bond motifs is 1. The first-order valence-corrected chi connectivity index (χ1v) is 8.09. The Balaban J connectivity index is 0.00000196. The number of carboxylic acid groups (broad SMARTS) is 1. The third-order valence-electron chi connectivity index (χ3n) is 4.08. The fraction of sp³-hybridized carbons (Fsp3) is 0.211. The number of halogens is 4. The van der Waals surface area contributed by atoms with Crippen LogP contribution in [0.15, 0.2) is 42.0 Å². The molecule has 27 heavy (non-hydrogen) atoms. The molecule has 8 heteroatoms. The average Bonchev–Trinajstić information content (AvgIpc) is 2.55. The van der Waals surface area contributed by atoms with Crippen LogP contribution in [-0.2, 0) is 11.2 Å². The molecule has 1 aliphatic rings. The molecule has 0 aromatic heterocycles. The summed E-state index contributed by atoms with van der Waals surface area (Å²) in [5, 5.41) is 9.39. The van der Waals surface area contributed by atoms with Gasteiger partial charge in [0.2, 0.25) is 6.10 Å². The predicted octanol–water partition coefficient (Wildman–Crippen LogP) is 2.15. The van der Waals surface area contributed by atoms with Gasteiger partial charge in [0.05, 0.1) is 5.57 Å². The van der Waals surface area contributed by atoms with Crippen LogP contribution < -0.4 is 34.3 Å². The molecule has 138 valence electrons. The molecule has 2 aromatic carbocycles. The van der Waals surface area contributed by atoms with Gasteiger partial charge in [-0.05, 0) is 42.7 Å². The van der Waals surface area contributed by atoms with Crippen LogP contribution in [0, 0.1) is 6.92 Å². The molecule has 1 N–H and O–H groups in total. The van der Waals surface area contributed by atoms with E-state index in [0.717, 1.165) is 17.2 Å². The standard InChI is InChI=1S/C19H14ClF3O3.Na.H/c1-10-2-4-11(5-3-10)6-12-9-16-13(8-15(12)20)7-14(18(24)25)17(26-16)19(21,22)23;;/h2-5,7-9,17H,6H2,1H3,(H,24,25);;/q;+1;-1. The fourth-order valence-corrected chi connectivity index (χ4v) is 2.98. The number of carbonyl (C=O) groups is 1. The van der Waals surface area contributed by atoms with E-state index in [2.05, 4.69) is 0 Å². The second-order valence-electron chi connectivity index (χ2n) is 6.09. The molecule has 0 bridgehead atoms. The van der Waals surface area contributed by atoms with E-state index in [1.165, 1.54) is 12.1 Å². The summed E-state index contributed by atoms with van der Waals surface area (Å²) in [4.78, 5) is 11.2. The summed E-state index contributed by atoms with van der Waals surface area (Å²) in [6.45, 7) is 1.95. The van der Waals surface area contributed by atoms with Crippen LogP contribution in [0.4, 0.5) is 13.2 Å². The van der Waals surface area contributed by atoms with Crippen molar-refractivity contribution < 1.29 is 58.8 Å². The van der Waals surface area contributed by atoms with Crippen molar-refractivity contribution in [3.05, 3.63) is 69.2 Å². The molecule has 1 aliphatic heterocycles. The predicted molar refractivity (Wildman–Crippen MR) is 92.6 cm³/mol. The zero-order valence-corrected chi connectivity index (χ0v) is 17.4. The number of aryl methyl sites for hydroxylation is 1. The minimum Gasteiger partial charge on any atom is -1.00 e. The Kier molecular flexibility index (Phi) is 6.68. The van der Waals surface area contributed by atoms with E-state index in [1.54, 1.807) is 0 Å². The second kappa shape index (κ2) is 8.27. The van der Waals surface area contributed by atoms with Crippen molar-refractivity contribution in [2.24, 2.45) is 0 Å². The minimum atomic E-state index is -4.83. The molecule has 0 saturated carbocycles. The number of aliphatic carboxylic acids is 1. The Morgan fingerprint density at radius 3 is 2.44 bits per heavy atom. The van der Waals surface area contributed by atoms with Crippen molar-refractivity contribution in [1.29, 1.82) is 0 Å². The van der Waals surface area contributed by atoms with E-state index in [-0.39, 0.29) is 42.3 Å². The Morgan fingerprint density at radius 2 is 1.89 bits per heavy atom. The molecule has 0 spiro atoms. The molecule has 0 radical (unpaired) electrons. The van der Waals surface area contributed by atoms with E-state index >= 15 is 0 Å². The van der Waals surface area contributed by atoms with Crippen LogP contribution >= 0.6 is 11.6 Å². The summed E-state index contributed by atoms with van der Waals surface area (Å²) in [5.74, 6) is -1.72. The van der Waals surface area contributed by atoms with Crippen molar-refractivity contribution in [3.8, 4) is 5.75 Å². The smallest absolute Gasteiger partial charge is 1.00 e. The molecule has 3 rings (SSSR count). The summed E-state index contributed by atoms with van der Waals surface area (Å²) in [5.41, 5.74) is 1.98. The zero-order chi connectivity index (χ0) is 19.1. The molecule has 1 unspecified atom stereocenters. The van der Waals surface area contributed by atoms with Gasteiger partial charge >= 0.3 is 41.7 Å². The summed E-state index contributed by atoms with van der Waals surface area (Å²) in [6.07, 6.45) is -5.97. The quantitative estimate of drug-likeness (QED) is 0.795. The summed E-state index contributed by atoms with van der Waals surface area (Å²) >= 11 is 6.24. The third-order valence-corrected chi connectivity index (χ3v) is 4.43. The van der Waals surface area contributed by atoms with E-state index < -0.39 is 23.8 Å². The summed E-state index contributed by atoms with van der Waals surface area (Å²) < 4.78 is 44.5. The van der Waals surface area contributed by atoms with Gasteiger partial charge in [0.25, 0.3) is 0 Å². The van der Waals surface area contributed by atoms with Gasteiger partial charge in [-0.3, -0.25) is 0 Å². The fourth-order valence-electron chi connectivity index (χ4n) is 2.74. The monoisotopic (exact) mass is 406 g/mol. The van der Waals surface area contributed by atoms with Crippen molar-refractivity contribution in [2.75, 3.05) is 0 Å². The molecule has 1 atom stereocenters. The topological polar surface area (TPSA) is 46.5 Å². The molecule has 3 nitrogen and oxygen atoms in total. The Labute approximate surface area is 182 Å². The van der Waals surface area contributed by atoms with E-state index in [9.17, 15) is 18.0 Å². The van der Waals surface area contributed by atoms with Crippen LogP contribution in [0.5, 0.6) is 5.75 Å². The van der Waals surface area contributed by atoms with Crippen LogP contribution in [-0.4, -0.2) is 23.4 Å². The maximum atomic E-state index is 13.2. The van der Waals surface area contributed by atoms with Gasteiger partial charge in [0.1, 0.15) is 5.75 Å². The molecule has 0 saturated heterocycles. The van der Waals surface area contributed by atoms with Gasteiger partial charge < -0.3 is 11.3 Å². The molecular weight excluding hydrogens is 392 g/mol. The number of hydrogen-bond acceptors (Lipinski definition) is 2. The van der Waals surface area contributed by atoms with Crippen molar-refractivity contribution in [3.63, 3.8) is 0 Å². The second-order valence-corrected chi connectivity index (χ2v) is 6.50. The maximum Gasteiger partial charge on any atom is 1.00 e. The number of hydrogen-bond donors (Lipinski definition) is 1. The third kappa shape index (κ3) is 4.88. The first-order chi connectivity index (χ1) is 12.1. The van der Waals surface area contributed by atoms with Gasteiger partial charge in [-0.25, -0.2) is 4.79 Å². The molecular formula is C19H15ClF3NaO3. The Bertz CT molecular complexity index is 899. The summed E-state index contributed by atoms with van der Waals surface area (Å²) in [6, 6.07) is 10.5. The zero-order valence-electron chi connectivity index (χ0n) is 15.6. The molecule has 1 heterocycles. The van der Waals surface area contributed by atoms with Gasteiger partial charge in [0.15, 0.2) is 0 Å². The Hall–Kier alpha value is -1.47. The average molecular weight is 407 g/mol. The normalized spacial score (nSPS) is 15.9. The largest absolute Gasteiger partial charge is 1.00 e.